The van der Waals surface area contributed by atoms with E-state index in [1.54, 1.807) is 24.6 Å². The molecular weight excluding hydrogens is 364 g/mol. The van der Waals surface area contributed by atoms with E-state index in [9.17, 15) is 4.79 Å². The zero-order valence-corrected chi connectivity index (χ0v) is 16.4. The number of carbonyl (C=O) groups excluding carboxylic acids is 1. The first-order valence-electron chi connectivity index (χ1n) is 8.85. The number of amides is 1. The molecule has 0 bridgehead atoms. The van der Waals surface area contributed by atoms with Crippen molar-refractivity contribution < 1.29 is 9.32 Å². The molecule has 1 N–H and O–H groups in total. The van der Waals surface area contributed by atoms with Gasteiger partial charge in [-0.25, -0.2) is 0 Å². The molecule has 9 heteroatoms. The largest absolute Gasteiger partial charge is 0.360 e. The van der Waals surface area contributed by atoms with Gasteiger partial charge in [-0.05, 0) is 54.8 Å². The molecule has 0 saturated carbocycles. The van der Waals surface area contributed by atoms with Gasteiger partial charge in [0, 0.05) is 6.07 Å². The van der Waals surface area contributed by atoms with Crippen molar-refractivity contribution in [2.45, 2.75) is 50.4 Å². The van der Waals surface area contributed by atoms with Crippen LogP contribution >= 0.6 is 11.8 Å². The lowest BCUT2D eigenvalue weighted by molar-refractivity contribution is -0.115. The van der Waals surface area contributed by atoms with Crippen LogP contribution in [0.4, 0.5) is 5.82 Å². The molecule has 8 nitrogen and oxygen atoms in total. The summed E-state index contributed by atoms with van der Waals surface area (Å²) in [6, 6.07) is 9.83. The molecule has 0 aliphatic heterocycles. The first kappa shape index (κ1) is 19.1. The molecule has 1 atom stereocenters. The Balaban J connectivity index is 1.66. The molecular formula is C18H22N6O2S. The van der Waals surface area contributed by atoms with Gasteiger partial charge in [-0.2, -0.15) is 4.68 Å². The minimum atomic E-state index is -0.407. The maximum Gasteiger partial charge on any atom is 0.238 e. The summed E-state index contributed by atoms with van der Waals surface area (Å²) in [5.41, 5.74) is 2.15. The molecule has 2 aromatic heterocycles. The second-order valence-corrected chi connectivity index (χ2v) is 7.52. The maximum absolute atomic E-state index is 12.3. The number of carbonyl (C=O) groups is 1. The van der Waals surface area contributed by atoms with E-state index in [2.05, 4.69) is 45.1 Å². The molecule has 0 saturated heterocycles. The topological polar surface area (TPSA) is 98.7 Å². The van der Waals surface area contributed by atoms with Crippen molar-refractivity contribution in [2.75, 3.05) is 5.32 Å². The molecule has 1 amide bonds. The van der Waals surface area contributed by atoms with Crippen LogP contribution < -0.4 is 5.32 Å². The summed E-state index contributed by atoms with van der Waals surface area (Å²) < 4.78 is 6.59. The van der Waals surface area contributed by atoms with Gasteiger partial charge in [-0.3, -0.25) is 4.79 Å². The third kappa shape index (κ3) is 4.94. The average Bonchev–Trinajstić information content (AvgIpc) is 3.29. The number of tetrazole rings is 1. The zero-order valence-electron chi connectivity index (χ0n) is 15.5. The SMILES string of the molecule is CCCCc1ccc(-n2nnnc2SC(C)C(=O)Nc2cc(C)on2)cc1. The van der Waals surface area contributed by atoms with E-state index < -0.39 is 5.25 Å². The highest BCUT2D eigenvalue weighted by atomic mass is 32.2. The van der Waals surface area contributed by atoms with Crippen molar-refractivity contribution in [1.29, 1.82) is 0 Å². The third-order valence-corrected chi connectivity index (χ3v) is 5.00. The van der Waals surface area contributed by atoms with E-state index in [1.807, 2.05) is 12.1 Å². The first-order chi connectivity index (χ1) is 13.1. The van der Waals surface area contributed by atoms with Crippen LogP contribution in [-0.4, -0.2) is 36.5 Å². The number of thioether (sulfide) groups is 1. The summed E-state index contributed by atoms with van der Waals surface area (Å²) >= 11 is 1.28. The smallest absolute Gasteiger partial charge is 0.238 e. The molecule has 1 unspecified atom stereocenters. The average molecular weight is 386 g/mol. The molecule has 0 radical (unpaired) electrons. The van der Waals surface area contributed by atoms with Gasteiger partial charge in [0.1, 0.15) is 5.76 Å². The van der Waals surface area contributed by atoms with Crippen LogP contribution in [-0.2, 0) is 11.2 Å². The molecule has 2 heterocycles. The Morgan fingerprint density at radius 1 is 1.33 bits per heavy atom. The molecule has 0 spiro atoms. The summed E-state index contributed by atoms with van der Waals surface area (Å²) in [6.45, 7) is 5.74. The van der Waals surface area contributed by atoms with Crippen LogP contribution in [0.3, 0.4) is 0 Å². The summed E-state index contributed by atoms with van der Waals surface area (Å²) in [7, 11) is 0. The van der Waals surface area contributed by atoms with Gasteiger partial charge in [-0.1, -0.05) is 42.4 Å². The van der Waals surface area contributed by atoms with Crippen LogP contribution in [0.1, 0.15) is 38.0 Å². The van der Waals surface area contributed by atoms with Crippen LogP contribution in [0.5, 0.6) is 0 Å². The molecule has 0 fully saturated rings. The molecule has 3 aromatic rings. The van der Waals surface area contributed by atoms with Gasteiger partial charge >= 0.3 is 0 Å². The Bertz CT molecular complexity index is 889. The summed E-state index contributed by atoms with van der Waals surface area (Å²) in [6.07, 6.45) is 3.40. The lowest BCUT2D eigenvalue weighted by Crippen LogP contribution is -2.23. The van der Waals surface area contributed by atoms with Crippen molar-refractivity contribution in [3.8, 4) is 5.69 Å². The fraction of sp³-hybridized carbons (Fsp3) is 0.389. The minimum Gasteiger partial charge on any atom is -0.360 e. The monoisotopic (exact) mass is 386 g/mol. The fourth-order valence-electron chi connectivity index (χ4n) is 2.46. The van der Waals surface area contributed by atoms with Gasteiger partial charge < -0.3 is 9.84 Å². The number of aromatic nitrogens is 5. The van der Waals surface area contributed by atoms with E-state index in [-0.39, 0.29) is 5.91 Å². The Morgan fingerprint density at radius 2 is 2.11 bits per heavy atom. The lowest BCUT2D eigenvalue weighted by atomic mass is 10.1. The van der Waals surface area contributed by atoms with E-state index in [4.69, 9.17) is 4.52 Å². The molecule has 27 heavy (non-hydrogen) atoms. The number of unbranched alkanes of at least 4 members (excludes halogenated alkanes) is 1. The van der Waals surface area contributed by atoms with Crippen molar-refractivity contribution >= 4 is 23.5 Å². The number of nitrogens with zero attached hydrogens (tertiary/aromatic N) is 5. The summed E-state index contributed by atoms with van der Waals surface area (Å²) in [4.78, 5) is 12.3. The summed E-state index contributed by atoms with van der Waals surface area (Å²) in [5.74, 6) is 0.835. The molecule has 1 aromatic carbocycles. The molecule has 3 rings (SSSR count). The molecule has 0 aliphatic carbocycles. The van der Waals surface area contributed by atoms with Crippen LogP contribution in [0.25, 0.3) is 5.69 Å². The van der Waals surface area contributed by atoms with E-state index in [0.29, 0.717) is 16.7 Å². The highest BCUT2D eigenvalue weighted by molar-refractivity contribution is 8.00. The number of aryl methyl sites for hydroxylation is 2. The highest BCUT2D eigenvalue weighted by Crippen LogP contribution is 2.24. The van der Waals surface area contributed by atoms with Crippen LogP contribution in [0.2, 0.25) is 0 Å². The Hall–Kier alpha value is -2.68. The highest BCUT2D eigenvalue weighted by Gasteiger charge is 2.20. The number of anilines is 1. The number of hydrogen-bond acceptors (Lipinski definition) is 7. The standard InChI is InChI=1S/C18H22N6O2S/c1-4-5-6-14-7-9-15(10-8-14)24-18(20-22-23-24)27-13(3)17(25)19-16-11-12(2)26-21-16/h7-11,13H,4-6H2,1-3H3,(H,19,21,25). The van der Waals surface area contributed by atoms with Gasteiger partial charge in [0.15, 0.2) is 5.82 Å². The van der Waals surface area contributed by atoms with Crippen molar-refractivity contribution in [3.63, 3.8) is 0 Å². The molecule has 0 aliphatic rings. The number of nitrogens with one attached hydrogen (secondary N) is 1. The third-order valence-electron chi connectivity index (χ3n) is 3.97. The van der Waals surface area contributed by atoms with Crippen LogP contribution in [0.15, 0.2) is 40.0 Å². The first-order valence-corrected chi connectivity index (χ1v) is 9.73. The van der Waals surface area contributed by atoms with Gasteiger partial charge in [0.2, 0.25) is 11.1 Å². The fourth-order valence-corrected chi connectivity index (χ4v) is 3.27. The Kier molecular flexibility index (Phi) is 6.23. The summed E-state index contributed by atoms with van der Waals surface area (Å²) in [5, 5.41) is 18.5. The van der Waals surface area contributed by atoms with Gasteiger partial charge in [0.05, 0.1) is 10.9 Å². The Labute approximate surface area is 161 Å². The predicted molar refractivity (Wildman–Crippen MR) is 103 cm³/mol. The van der Waals surface area contributed by atoms with Gasteiger partial charge in [0.25, 0.3) is 0 Å². The normalized spacial score (nSPS) is 12.1. The van der Waals surface area contributed by atoms with Crippen LogP contribution in [0, 0.1) is 6.92 Å². The van der Waals surface area contributed by atoms with E-state index in [0.717, 1.165) is 12.1 Å². The van der Waals surface area contributed by atoms with Crippen molar-refractivity contribution in [3.05, 3.63) is 41.7 Å². The number of benzene rings is 1. The van der Waals surface area contributed by atoms with Crippen molar-refractivity contribution in [1.82, 2.24) is 25.4 Å². The van der Waals surface area contributed by atoms with E-state index in [1.165, 1.54) is 30.2 Å². The minimum absolute atomic E-state index is 0.197. The predicted octanol–water partition coefficient (Wildman–Crippen LogP) is 3.42. The maximum atomic E-state index is 12.3. The number of rotatable bonds is 8. The van der Waals surface area contributed by atoms with E-state index >= 15 is 0 Å². The van der Waals surface area contributed by atoms with Crippen molar-refractivity contribution in [2.24, 2.45) is 0 Å². The second-order valence-electron chi connectivity index (χ2n) is 6.22. The quantitative estimate of drug-likeness (QED) is 0.592. The van der Waals surface area contributed by atoms with Gasteiger partial charge in [-0.15, -0.1) is 5.10 Å². The lowest BCUT2D eigenvalue weighted by Gasteiger charge is -2.10. The second kappa shape index (κ2) is 8.81. The zero-order chi connectivity index (χ0) is 19.2. The Morgan fingerprint density at radius 3 is 2.78 bits per heavy atom. The number of hydrogen-bond donors (Lipinski definition) is 1. The molecule has 142 valence electrons.